The van der Waals surface area contributed by atoms with Crippen LogP contribution in [-0.4, -0.2) is 16.2 Å². The van der Waals surface area contributed by atoms with Gasteiger partial charge in [0.05, 0.1) is 17.6 Å². The molecular weight excluding hydrogens is 247 g/mol. The lowest BCUT2D eigenvalue weighted by atomic mass is 10.2. The smallest absolute Gasteiger partial charge is 0.141 e. The van der Waals surface area contributed by atoms with Crippen molar-refractivity contribution in [3.8, 4) is 11.4 Å². The molecule has 0 spiro atoms. The van der Waals surface area contributed by atoms with Crippen molar-refractivity contribution in [1.82, 2.24) is 9.97 Å². The predicted molar refractivity (Wildman–Crippen MR) is 73.3 cm³/mol. The molecule has 0 atom stereocenters. The minimum atomic E-state index is -0.319. The Morgan fingerprint density at radius 1 is 1.17 bits per heavy atom. The molecule has 0 amide bonds. The van der Waals surface area contributed by atoms with E-state index in [1.807, 2.05) is 24.5 Å². The zero-order valence-corrected chi connectivity index (χ0v) is 10.6. The van der Waals surface area contributed by atoms with Crippen LogP contribution in [0.5, 0.6) is 0 Å². The summed E-state index contributed by atoms with van der Waals surface area (Å²) in [5.41, 5.74) is 2.78. The topological polar surface area (TPSA) is 28.7 Å². The van der Waals surface area contributed by atoms with Gasteiger partial charge in [0, 0.05) is 15.8 Å². The predicted octanol–water partition coefficient (Wildman–Crippen LogP) is 4.09. The summed E-state index contributed by atoms with van der Waals surface area (Å²) in [6.07, 6.45) is 3.27. The summed E-state index contributed by atoms with van der Waals surface area (Å²) >= 11 is 1.67. The number of halogens is 1. The summed E-state index contributed by atoms with van der Waals surface area (Å²) in [6, 6.07) is 11.2. The van der Waals surface area contributed by atoms with Crippen molar-refractivity contribution in [2.75, 3.05) is 6.26 Å². The van der Waals surface area contributed by atoms with E-state index in [0.29, 0.717) is 0 Å². The lowest BCUT2D eigenvalue weighted by Gasteiger charge is -2.00. The number of benzene rings is 1. The van der Waals surface area contributed by atoms with Crippen molar-refractivity contribution in [3.05, 3.63) is 48.4 Å². The van der Waals surface area contributed by atoms with Crippen molar-refractivity contribution in [3.63, 3.8) is 0 Å². The highest BCUT2D eigenvalue weighted by atomic mass is 32.2. The van der Waals surface area contributed by atoms with Crippen LogP contribution < -0.4 is 0 Å². The number of hydrogen-bond donors (Lipinski definition) is 1. The normalized spacial score (nSPS) is 11.0. The Bertz CT molecular complexity index is 689. The van der Waals surface area contributed by atoms with Gasteiger partial charge >= 0.3 is 0 Å². The second kappa shape index (κ2) is 4.46. The van der Waals surface area contributed by atoms with Crippen LogP contribution in [0.25, 0.3) is 22.3 Å². The van der Waals surface area contributed by atoms with Gasteiger partial charge in [-0.25, -0.2) is 4.39 Å². The Kier molecular flexibility index (Phi) is 2.80. The van der Waals surface area contributed by atoms with Crippen LogP contribution in [0.3, 0.4) is 0 Å². The molecule has 0 bridgehead atoms. The number of fused-ring (bicyclic) bond motifs is 1. The number of nitrogens with zero attached hydrogens (tertiary/aromatic N) is 1. The second-order valence-electron chi connectivity index (χ2n) is 3.94. The highest BCUT2D eigenvalue weighted by molar-refractivity contribution is 7.99. The van der Waals surface area contributed by atoms with Gasteiger partial charge in [-0.3, -0.25) is 4.98 Å². The SMILES string of the molecule is CSc1c(-c2ccc(F)cn2)[nH]c2ccccc12. The molecule has 18 heavy (non-hydrogen) atoms. The number of thioether (sulfide) groups is 1. The van der Waals surface area contributed by atoms with E-state index in [1.54, 1.807) is 17.8 Å². The Balaban J connectivity index is 2.25. The van der Waals surface area contributed by atoms with Gasteiger partial charge in [-0.15, -0.1) is 11.8 Å². The molecular formula is C14H11FN2S. The fraction of sp³-hybridized carbons (Fsp3) is 0.0714. The molecule has 1 N–H and O–H groups in total. The van der Waals surface area contributed by atoms with Crippen molar-refractivity contribution in [2.24, 2.45) is 0 Å². The maximum absolute atomic E-state index is 12.9. The van der Waals surface area contributed by atoms with Gasteiger partial charge in [0.15, 0.2) is 0 Å². The quantitative estimate of drug-likeness (QED) is 0.701. The summed E-state index contributed by atoms with van der Waals surface area (Å²) in [5, 5.41) is 1.17. The highest BCUT2D eigenvalue weighted by Gasteiger charge is 2.12. The third-order valence-corrected chi connectivity index (χ3v) is 3.68. The number of aromatic nitrogens is 2. The van der Waals surface area contributed by atoms with Gasteiger partial charge < -0.3 is 4.98 Å². The molecule has 2 nitrogen and oxygen atoms in total. The molecule has 4 heteroatoms. The van der Waals surface area contributed by atoms with E-state index in [2.05, 4.69) is 16.0 Å². The van der Waals surface area contributed by atoms with Crippen LogP contribution in [0.2, 0.25) is 0 Å². The first-order valence-corrected chi connectivity index (χ1v) is 6.78. The lowest BCUT2D eigenvalue weighted by molar-refractivity contribution is 0.622. The van der Waals surface area contributed by atoms with Crippen LogP contribution in [0.15, 0.2) is 47.5 Å². The molecule has 0 aliphatic heterocycles. The van der Waals surface area contributed by atoms with E-state index in [9.17, 15) is 4.39 Å². The zero-order chi connectivity index (χ0) is 12.5. The average Bonchev–Trinajstić information content (AvgIpc) is 2.78. The number of hydrogen-bond acceptors (Lipinski definition) is 2. The van der Waals surface area contributed by atoms with E-state index in [4.69, 9.17) is 0 Å². The molecule has 2 heterocycles. The molecule has 0 radical (unpaired) electrons. The molecule has 1 aromatic carbocycles. The van der Waals surface area contributed by atoms with Crippen molar-refractivity contribution in [2.45, 2.75) is 4.90 Å². The van der Waals surface area contributed by atoms with E-state index < -0.39 is 0 Å². The van der Waals surface area contributed by atoms with E-state index in [-0.39, 0.29) is 5.82 Å². The maximum Gasteiger partial charge on any atom is 0.141 e. The van der Waals surface area contributed by atoms with E-state index in [1.165, 1.54) is 17.6 Å². The number of H-pyrrole nitrogens is 1. The zero-order valence-electron chi connectivity index (χ0n) is 9.77. The van der Waals surface area contributed by atoms with Crippen LogP contribution >= 0.6 is 11.8 Å². The molecule has 0 unspecified atom stereocenters. The maximum atomic E-state index is 12.9. The number of aromatic amines is 1. The Morgan fingerprint density at radius 3 is 2.72 bits per heavy atom. The molecule has 3 aromatic rings. The monoisotopic (exact) mass is 258 g/mol. The first-order chi connectivity index (χ1) is 8.79. The van der Waals surface area contributed by atoms with Crippen molar-refractivity contribution >= 4 is 22.7 Å². The molecule has 90 valence electrons. The Morgan fingerprint density at radius 2 is 2.00 bits per heavy atom. The first-order valence-electron chi connectivity index (χ1n) is 5.56. The lowest BCUT2D eigenvalue weighted by Crippen LogP contribution is -1.86. The fourth-order valence-corrected chi connectivity index (χ4v) is 2.79. The molecule has 0 saturated carbocycles. The number of nitrogens with one attached hydrogen (secondary N) is 1. The van der Waals surface area contributed by atoms with Gasteiger partial charge in [-0.2, -0.15) is 0 Å². The average molecular weight is 258 g/mol. The minimum absolute atomic E-state index is 0.319. The highest BCUT2D eigenvalue weighted by Crippen LogP contribution is 2.35. The standard InChI is InChI=1S/C14H11FN2S/c1-18-14-10-4-2-3-5-11(10)17-13(14)12-7-6-9(15)8-16-12/h2-8,17H,1H3. The molecule has 0 aliphatic carbocycles. The van der Waals surface area contributed by atoms with Crippen molar-refractivity contribution < 1.29 is 4.39 Å². The second-order valence-corrected chi connectivity index (χ2v) is 4.76. The van der Waals surface area contributed by atoms with Crippen LogP contribution in [-0.2, 0) is 0 Å². The number of pyridine rings is 1. The Labute approximate surface area is 108 Å². The summed E-state index contributed by atoms with van der Waals surface area (Å²) in [7, 11) is 0. The van der Waals surface area contributed by atoms with Crippen LogP contribution in [0, 0.1) is 5.82 Å². The number of rotatable bonds is 2. The van der Waals surface area contributed by atoms with E-state index >= 15 is 0 Å². The number of para-hydroxylation sites is 1. The van der Waals surface area contributed by atoms with Crippen molar-refractivity contribution in [1.29, 1.82) is 0 Å². The summed E-state index contributed by atoms with van der Waals surface area (Å²) in [5.74, 6) is -0.319. The summed E-state index contributed by atoms with van der Waals surface area (Å²) < 4.78 is 12.9. The molecule has 3 rings (SSSR count). The van der Waals surface area contributed by atoms with Gasteiger partial charge in [-0.05, 0) is 24.5 Å². The summed E-state index contributed by atoms with van der Waals surface area (Å²) in [4.78, 5) is 8.62. The summed E-state index contributed by atoms with van der Waals surface area (Å²) in [6.45, 7) is 0. The van der Waals surface area contributed by atoms with Gasteiger partial charge in [0.1, 0.15) is 5.82 Å². The van der Waals surface area contributed by atoms with Gasteiger partial charge in [-0.1, -0.05) is 18.2 Å². The molecule has 2 aromatic heterocycles. The molecule has 0 aliphatic rings. The fourth-order valence-electron chi connectivity index (χ4n) is 2.03. The first kappa shape index (κ1) is 11.3. The van der Waals surface area contributed by atoms with Gasteiger partial charge in [0.2, 0.25) is 0 Å². The van der Waals surface area contributed by atoms with Gasteiger partial charge in [0.25, 0.3) is 0 Å². The van der Waals surface area contributed by atoms with E-state index in [0.717, 1.165) is 21.8 Å². The largest absolute Gasteiger partial charge is 0.352 e. The third kappa shape index (κ3) is 1.78. The molecule has 0 fully saturated rings. The molecule has 0 saturated heterocycles. The Hall–Kier alpha value is -1.81. The van der Waals surface area contributed by atoms with Crippen LogP contribution in [0.4, 0.5) is 4.39 Å². The van der Waals surface area contributed by atoms with Crippen LogP contribution in [0.1, 0.15) is 0 Å². The minimum Gasteiger partial charge on any atom is -0.352 e. The third-order valence-electron chi connectivity index (χ3n) is 2.85.